The van der Waals surface area contributed by atoms with Crippen LogP contribution in [-0.2, 0) is 0 Å². The van der Waals surface area contributed by atoms with E-state index in [0.717, 1.165) is 0 Å². The molecule has 3 aromatic carbocycles. The van der Waals surface area contributed by atoms with E-state index >= 15 is 0 Å². The standard InChI is InChI=1S/C19H3B12N/c1-2-5(20)8(23)11(26)14(29)17(2)32-18-3(6(21)9(24)12(27)15(18)30)4-7(22)10(25)13(28)16(31)19(4)32/h1H3. The molecule has 1 heterocycles. The molecule has 0 aliphatic carbocycles. The molecule has 0 aliphatic heterocycles. The fourth-order valence-corrected chi connectivity index (χ4v) is 4.17. The van der Waals surface area contributed by atoms with Gasteiger partial charge in [-0.15, -0.1) is 32.8 Å². The normalized spacial score (nSPS) is 11.5. The van der Waals surface area contributed by atoms with Crippen LogP contribution >= 0.6 is 0 Å². The smallest absolute Gasteiger partial charge is 0.115 e. The van der Waals surface area contributed by atoms with E-state index in [2.05, 4.69) is 0 Å². The van der Waals surface area contributed by atoms with E-state index in [1.54, 1.807) is 11.5 Å². The van der Waals surface area contributed by atoms with Gasteiger partial charge in [-0.25, -0.2) is 0 Å². The van der Waals surface area contributed by atoms with Crippen molar-refractivity contribution in [1.82, 2.24) is 4.57 Å². The summed E-state index contributed by atoms with van der Waals surface area (Å²) in [6.07, 6.45) is 0. The van der Waals surface area contributed by atoms with Crippen molar-refractivity contribution >= 4 is 182 Å². The highest BCUT2D eigenvalue weighted by atomic mass is 15.0. The van der Waals surface area contributed by atoms with Crippen LogP contribution in [0.3, 0.4) is 0 Å². The fraction of sp³-hybridized carbons (Fsp3) is 0.0526. The van der Waals surface area contributed by atoms with Crippen LogP contribution in [0.15, 0.2) is 0 Å². The monoisotopic (exact) mass is 377 g/mol. The van der Waals surface area contributed by atoms with Crippen LogP contribution in [-0.4, -0.2) is 98.7 Å². The van der Waals surface area contributed by atoms with Crippen LogP contribution in [0.25, 0.3) is 27.5 Å². The molecule has 4 aromatic rings. The van der Waals surface area contributed by atoms with Gasteiger partial charge >= 0.3 is 0 Å². The zero-order valence-corrected chi connectivity index (χ0v) is 17.4. The molecule has 0 saturated heterocycles. The van der Waals surface area contributed by atoms with Crippen molar-refractivity contribution in [2.45, 2.75) is 6.92 Å². The number of aromatic nitrogens is 1. The van der Waals surface area contributed by atoms with E-state index in [0.29, 0.717) is 33.1 Å². The van der Waals surface area contributed by atoms with Gasteiger partial charge in [-0.1, -0.05) is 32.8 Å². The first-order valence-electron chi connectivity index (χ1n) is 9.38. The van der Waals surface area contributed by atoms with Gasteiger partial charge in [0.15, 0.2) is 0 Å². The van der Waals surface area contributed by atoms with Crippen LogP contribution < -0.4 is 65.6 Å². The van der Waals surface area contributed by atoms with Gasteiger partial charge in [-0.05, 0) is 23.3 Å². The Morgan fingerprint density at radius 3 is 1.09 bits per heavy atom. The van der Waals surface area contributed by atoms with Gasteiger partial charge in [-0.3, -0.25) is 0 Å². The first-order chi connectivity index (χ1) is 14.8. The molecule has 4 rings (SSSR count). The second kappa shape index (κ2) is 7.64. The SMILES string of the molecule is [B]c1c([B])c([B])c(-n2c3c([B])c([B])c([B])c([B])c3c3c([B])c([B])c([B])c([B])c32)c(C)c1[B]. The van der Waals surface area contributed by atoms with E-state index in [1.807, 2.05) is 0 Å². The van der Waals surface area contributed by atoms with Crippen molar-refractivity contribution in [2.75, 3.05) is 0 Å². The molecule has 0 saturated carbocycles. The first-order valence-corrected chi connectivity index (χ1v) is 9.38. The molecule has 120 valence electrons. The lowest BCUT2D eigenvalue weighted by molar-refractivity contribution is 1.18. The molecular weight excluding hydrogens is 372 g/mol. The molecule has 0 unspecified atom stereocenters. The maximum absolute atomic E-state index is 6.42. The molecule has 0 aliphatic rings. The second-order valence-electron chi connectivity index (χ2n) is 7.72. The van der Waals surface area contributed by atoms with Crippen molar-refractivity contribution in [3.63, 3.8) is 0 Å². The van der Waals surface area contributed by atoms with Crippen LogP contribution in [0.4, 0.5) is 0 Å². The van der Waals surface area contributed by atoms with Crippen LogP contribution in [0.2, 0.25) is 0 Å². The third-order valence-corrected chi connectivity index (χ3v) is 6.07. The van der Waals surface area contributed by atoms with Gasteiger partial charge in [0.25, 0.3) is 0 Å². The van der Waals surface area contributed by atoms with Crippen molar-refractivity contribution in [3.05, 3.63) is 5.56 Å². The molecule has 1 nitrogen and oxygen atoms in total. The third-order valence-electron chi connectivity index (χ3n) is 6.07. The molecule has 0 atom stereocenters. The minimum Gasteiger partial charge on any atom is -0.311 e. The quantitative estimate of drug-likeness (QED) is 0.292. The number of fused-ring (bicyclic) bond motifs is 3. The highest BCUT2D eigenvalue weighted by Crippen LogP contribution is 2.26. The maximum Gasteiger partial charge on any atom is 0.115 e. The first kappa shape index (κ1) is 23.4. The van der Waals surface area contributed by atoms with Gasteiger partial charge in [0.1, 0.15) is 94.2 Å². The minimum atomic E-state index is 0.0738. The molecule has 0 amide bonds. The van der Waals surface area contributed by atoms with E-state index in [9.17, 15) is 0 Å². The van der Waals surface area contributed by atoms with Crippen molar-refractivity contribution < 1.29 is 0 Å². The second-order valence-corrected chi connectivity index (χ2v) is 7.72. The number of rotatable bonds is 1. The Kier molecular flexibility index (Phi) is 5.59. The minimum absolute atomic E-state index is 0.0738. The summed E-state index contributed by atoms with van der Waals surface area (Å²) in [6.45, 7) is 1.72. The zero-order chi connectivity index (χ0) is 24.0. The van der Waals surface area contributed by atoms with E-state index in [1.165, 1.54) is 0 Å². The average molecular weight is 375 g/mol. The molecule has 1 aromatic heterocycles. The molecule has 0 spiro atoms. The number of benzene rings is 3. The van der Waals surface area contributed by atoms with Gasteiger partial charge < -0.3 is 4.57 Å². The number of hydrogen-bond donors (Lipinski definition) is 0. The topological polar surface area (TPSA) is 4.93 Å². The van der Waals surface area contributed by atoms with Crippen LogP contribution in [0.1, 0.15) is 5.56 Å². The van der Waals surface area contributed by atoms with Gasteiger partial charge in [0, 0.05) is 16.7 Å². The Morgan fingerprint density at radius 2 is 0.688 bits per heavy atom. The average Bonchev–Trinajstić information content (AvgIpc) is 3.12. The summed E-state index contributed by atoms with van der Waals surface area (Å²) in [7, 11) is 74.9. The number of nitrogens with zero attached hydrogens (tertiary/aromatic N) is 1. The van der Waals surface area contributed by atoms with E-state index < -0.39 is 0 Å². The summed E-state index contributed by atoms with van der Waals surface area (Å²) in [6, 6.07) is 0. The summed E-state index contributed by atoms with van der Waals surface area (Å²) in [5.74, 6) is 0. The summed E-state index contributed by atoms with van der Waals surface area (Å²) < 4.78 is 1.62. The Bertz CT molecular complexity index is 1400. The summed E-state index contributed by atoms with van der Waals surface area (Å²) in [5, 5.41) is 0.765. The lowest BCUT2D eigenvalue weighted by Gasteiger charge is -2.25. The summed E-state index contributed by atoms with van der Waals surface area (Å²) in [4.78, 5) is 0. The molecule has 32 heavy (non-hydrogen) atoms. The maximum atomic E-state index is 6.42. The molecule has 13 heteroatoms. The molecule has 0 N–H and O–H groups in total. The highest BCUT2D eigenvalue weighted by Gasteiger charge is 2.24. The van der Waals surface area contributed by atoms with Crippen molar-refractivity contribution in [2.24, 2.45) is 0 Å². The van der Waals surface area contributed by atoms with Gasteiger partial charge in [0.2, 0.25) is 0 Å². The zero-order valence-electron chi connectivity index (χ0n) is 17.4. The third kappa shape index (κ3) is 2.82. The summed E-state index contributed by atoms with van der Waals surface area (Å²) in [5.41, 5.74) is 2.98. The molecule has 24 radical (unpaired) electrons. The summed E-state index contributed by atoms with van der Waals surface area (Å²) >= 11 is 0. The molecule has 0 bridgehead atoms. The Labute approximate surface area is 203 Å². The Hall–Kier alpha value is -1.76. The van der Waals surface area contributed by atoms with Crippen molar-refractivity contribution in [1.29, 1.82) is 0 Å². The lowest BCUT2D eigenvalue weighted by atomic mass is 9.63. The van der Waals surface area contributed by atoms with Crippen LogP contribution in [0, 0.1) is 6.92 Å². The Balaban J connectivity index is 2.50. The predicted octanol–water partition coefficient (Wildman–Crippen LogP) is -9.38. The molecule has 0 fully saturated rings. The predicted molar refractivity (Wildman–Crippen MR) is 150 cm³/mol. The highest BCUT2D eigenvalue weighted by molar-refractivity contribution is 6.72. The van der Waals surface area contributed by atoms with Crippen molar-refractivity contribution in [3.8, 4) is 5.69 Å². The van der Waals surface area contributed by atoms with Gasteiger partial charge in [-0.2, -0.15) is 0 Å². The Morgan fingerprint density at radius 1 is 0.375 bits per heavy atom. The van der Waals surface area contributed by atoms with Gasteiger partial charge in [0.05, 0.1) is 0 Å². The lowest BCUT2D eigenvalue weighted by Crippen LogP contribution is -2.51. The van der Waals surface area contributed by atoms with E-state index in [4.69, 9.17) is 94.2 Å². The number of hydrogen-bond acceptors (Lipinski definition) is 0. The molecular formula is C19H3B12N. The van der Waals surface area contributed by atoms with Crippen LogP contribution in [0.5, 0.6) is 0 Å². The fourth-order valence-electron chi connectivity index (χ4n) is 4.17. The van der Waals surface area contributed by atoms with E-state index in [-0.39, 0.29) is 65.6 Å². The largest absolute Gasteiger partial charge is 0.311 e.